The number of ether oxygens (including phenoxy) is 2. The molecule has 0 atom stereocenters. The van der Waals surface area contributed by atoms with Gasteiger partial charge in [-0.1, -0.05) is 18.9 Å². The van der Waals surface area contributed by atoms with Crippen LogP contribution >= 0.6 is 0 Å². The minimum atomic E-state index is 0.0570. The smallest absolute Gasteiger partial charge is 0.251 e. The number of hydrogen-bond acceptors (Lipinski definition) is 5. The Morgan fingerprint density at radius 3 is 2.25 bits per heavy atom. The number of carbonyl (C=O) groups is 1. The van der Waals surface area contributed by atoms with Crippen LogP contribution in [0.1, 0.15) is 54.4 Å². The van der Waals surface area contributed by atoms with E-state index in [4.69, 9.17) is 9.47 Å². The van der Waals surface area contributed by atoms with E-state index in [2.05, 4.69) is 33.7 Å². The van der Waals surface area contributed by atoms with E-state index in [1.54, 1.807) is 14.2 Å². The zero-order valence-corrected chi connectivity index (χ0v) is 19.2. The van der Waals surface area contributed by atoms with Gasteiger partial charge in [0.25, 0.3) is 5.91 Å². The number of methoxy groups -OCH3 is 2. The number of carbonyl (C=O) groups excluding carboxylic acids is 1. The van der Waals surface area contributed by atoms with Crippen molar-refractivity contribution in [2.24, 2.45) is 0 Å². The Balaban J connectivity index is 1.24. The van der Waals surface area contributed by atoms with Crippen LogP contribution in [0, 0.1) is 0 Å². The van der Waals surface area contributed by atoms with E-state index in [9.17, 15) is 4.79 Å². The highest BCUT2D eigenvalue weighted by atomic mass is 16.5. The lowest BCUT2D eigenvalue weighted by Crippen LogP contribution is -2.42. The van der Waals surface area contributed by atoms with Crippen LogP contribution in [-0.4, -0.2) is 45.3 Å². The van der Waals surface area contributed by atoms with Crippen LogP contribution in [0.3, 0.4) is 0 Å². The molecule has 0 unspecified atom stereocenters. The molecule has 1 heterocycles. The van der Waals surface area contributed by atoms with Gasteiger partial charge in [0.1, 0.15) is 0 Å². The van der Waals surface area contributed by atoms with Crippen molar-refractivity contribution in [3.05, 3.63) is 53.6 Å². The van der Waals surface area contributed by atoms with Crippen molar-refractivity contribution >= 4 is 11.6 Å². The highest BCUT2D eigenvalue weighted by molar-refractivity contribution is 5.94. The minimum absolute atomic E-state index is 0.0570. The topological polar surface area (TPSA) is 62.8 Å². The number of piperidine rings is 1. The van der Waals surface area contributed by atoms with Crippen LogP contribution in [0.2, 0.25) is 0 Å². The van der Waals surface area contributed by atoms with Crippen LogP contribution in [0.25, 0.3) is 0 Å². The fourth-order valence-corrected chi connectivity index (χ4v) is 4.76. The van der Waals surface area contributed by atoms with Crippen molar-refractivity contribution in [1.82, 2.24) is 10.6 Å². The monoisotopic (exact) mass is 437 g/mol. The molecule has 1 aliphatic heterocycles. The predicted octanol–water partition coefficient (Wildman–Crippen LogP) is 4.13. The van der Waals surface area contributed by atoms with E-state index in [0.717, 1.165) is 62.4 Å². The van der Waals surface area contributed by atoms with Gasteiger partial charge >= 0.3 is 0 Å². The van der Waals surface area contributed by atoms with Crippen molar-refractivity contribution in [2.45, 2.75) is 57.2 Å². The normalized spacial score (nSPS) is 17.4. The summed E-state index contributed by atoms with van der Waals surface area (Å²) in [7, 11) is 3.32. The van der Waals surface area contributed by atoms with Gasteiger partial charge in [0, 0.05) is 43.0 Å². The largest absolute Gasteiger partial charge is 0.493 e. The Kier molecular flexibility index (Phi) is 7.53. The maximum absolute atomic E-state index is 12.4. The molecule has 0 bridgehead atoms. The molecule has 2 N–H and O–H groups in total. The lowest BCUT2D eigenvalue weighted by Gasteiger charge is -2.34. The predicted molar refractivity (Wildman–Crippen MR) is 128 cm³/mol. The fraction of sp³-hybridized carbons (Fsp3) is 0.500. The van der Waals surface area contributed by atoms with Crippen molar-refractivity contribution in [2.75, 3.05) is 32.2 Å². The SMILES string of the molecule is COc1ccc(CNC2CCN(c3ccc(C(=O)NC4CCCC4)cc3)CC2)cc1OC. The van der Waals surface area contributed by atoms with Crippen molar-refractivity contribution in [3.63, 3.8) is 0 Å². The quantitative estimate of drug-likeness (QED) is 0.650. The van der Waals surface area contributed by atoms with Gasteiger partial charge in [0.15, 0.2) is 11.5 Å². The molecule has 2 aliphatic rings. The molecule has 1 aliphatic carbocycles. The number of nitrogens with zero attached hydrogens (tertiary/aromatic N) is 1. The van der Waals surface area contributed by atoms with Crippen LogP contribution in [0.4, 0.5) is 5.69 Å². The van der Waals surface area contributed by atoms with Gasteiger partial charge < -0.3 is 25.0 Å². The Hall–Kier alpha value is -2.73. The van der Waals surface area contributed by atoms with Gasteiger partial charge in [0.2, 0.25) is 0 Å². The Morgan fingerprint density at radius 2 is 1.59 bits per heavy atom. The number of nitrogens with one attached hydrogen (secondary N) is 2. The molecule has 4 rings (SSSR count). The minimum Gasteiger partial charge on any atom is -0.493 e. The second-order valence-electron chi connectivity index (χ2n) is 8.83. The van der Waals surface area contributed by atoms with Gasteiger partial charge in [0.05, 0.1) is 14.2 Å². The third-order valence-electron chi connectivity index (χ3n) is 6.72. The molecule has 6 heteroatoms. The van der Waals surface area contributed by atoms with Crippen molar-refractivity contribution < 1.29 is 14.3 Å². The third kappa shape index (κ3) is 5.54. The summed E-state index contributed by atoms with van der Waals surface area (Å²) in [5.74, 6) is 1.58. The molecular weight excluding hydrogens is 402 g/mol. The van der Waals surface area contributed by atoms with E-state index >= 15 is 0 Å². The van der Waals surface area contributed by atoms with Crippen molar-refractivity contribution in [1.29, 1.82) is 0 Å². The zero-order valence-electron chi connectivity index (χ0n) is 19.2. The van der Waals surface area contributed by atoms with E-state index in [1.807, 2.05) is 24.3 Å². The van der Waals surface area contributed by atoms with Gasteiger partial charge in [-0.2, -0.15) is 0 Å². The molecule has 32 heavy (non-hydrogen) atoms. The number of benzene rings is 2. The van der Waals surface area contributed by atoms with Crippen LogP contribution in [-0.2, 0) is 6.54 Å². The summed E-state index contributed by atoms with van der Waals surface area (Å²) < 4.78 is 10.7. The lowest BCUT2D eigenvalue weighted by molar-refractivity contribution is 0.0938. The summed E-state index contributed by atoms with van der Waals surface area (Å²) in [6, 6.07) is 15.0. The molecule has 2 aromatic carbocycles. The molecule has 6 nitrogen and oxygen atoms in total. The standard InChI is InChI=1S/C26H35N3O3/c1-31-24-12-7-19(17-25(24)32-2)18-27-21-13-15-29(16-14-21)23-10-8-20(9-11-23)26(30)28-22-5-3-4-6-22/h7-12,17,21-22,27H,3-6,13-16,18H2,1-2H3,(H,28,30). The first-order valence-corrected chi connectivity index (χ1v) is 11.8. The second-order valence-corrected chi connectivity index (χ2v) is 8.83. The molecule has 1 saturated heterocycles. The summed E-state index contributed by atoms with van der Waals surface area (Å²) in [4.78, 5) is 14.9. The highest BCUT2D eigenvalue weighted by Crippen LogP contribution is 2.28. The molecule has 172 valence electrons. The number of anilines is 1. The van der Waals surface area contributed by atoms with E-state index < -0.39 is 0 Å². The molecule has 2 fully saturated rings. The lowest BCUT2D eigenvalue weighted by atomic mass is 10.0. The summed E-state index contributed by atoms with van der Waals surface area (Å²) >= 11 is 0. The Bertz CT molecular complexity index is 886. The summed E-state index contributed by atoms with van der Waals surface area (Å²) in [6.07, 6.45) is 6.86. The number of hydrogen-bond donors (Lipinski definition) is 2. The molecule has 1 amide bonds. The molecule has 0 radical (unpaired) electrons. The maximum Gasteiger partial charge on any atom is 0.251 e. The summed E-state index contributed by atoms with van der Waals surface area (Å²) in [5, 5.41) is 6.85. The molecular formula is C26H35N3O3. The van der Waals surface area contributed by atoms with Gasteiger partial charge in [-0.15, -0.1) is 0 Å². The molecule has 0 aromatic heterocycles. The first-order valence-electron chi connectivity index (χ1n) is 11.8. The second kappa shape index (κ2) is 10.7. The van der Waals surface area contributed by atoms with E-state index in [1.165, 1.54) is 24.1 Å². The molecule has 0 spiro atoms. The highest BCUT2D eigenvalue weighted by Gasteiger charge is 2.21. The van der Waals surface area contributed by atoms with E-state index in [-0.39, 0.29) is 5.91 Å². The first kappa shape index (κ1) is 22.5. The first-order chi connectivity index (χ1) is 15.7. The fourth-order valence-electron chi connectivity index (χ4n) is 4.76. The molecule has 1 saturated carbocycles. The van der Waals surface area contributed by atoms with Crippen LogP contribution < -0.4 is 25.0 Å². The average molecular weight is 438 g/mol. The molecule has 2 aromatic rings. The average Bonchev–Trinajstić information content (AvgIpc) is 3.36. The van der Waals surface area contributed by atoms with Gasteiger partial charge in [-0.05, 0) is 67.6 Å². The Labute approximate surface area is 191 Å². The summed E-state index contributed by atoms with van der Waals surface area (Å²) in [6.45, 7) is 2.84. The number of rotatable bonds is 8. The summed E-state index contributed by atoms with van der Waals surface area (Å²) in [5.41, 5.74) is 3.14. The van der Waals surface area contributed by atoms with Crippen LogP contribution in [0.5, 0.6) is 11.5 Å². The maximum atomic E-state index is 12.4. The van der Waals surface area contributed by atoms with Crippen molar-refractivity contribution in [3.8, 4) is 11.5 Å². The van der Waals surface area contributed by atoms with Gasteiger partial charge in [-0.3, -0.25) is 4.79 Å². The van der Waals surface area contributed by atoms with Crippen LogP contribution in [0.15, 0.2) is 42.5 Å². The third-order valence-corrected chi connectivity index (χ3v) is 6.72. The van der Waals surface area contributed by atoms with E-state index in [0.29, 0.717) is 12.1 Å². The van der Waals surface area contributed by atoms with Gasteiger partial charge in [-0.25, -0.2) is 0 Å². The zero-order chi connectivity index (χ0) is 22.3. The Morgan fingerprint density at radius 1 is 0.906 bits per heavy atom. The number of amides is 1.